The van der Waals surface area contributed by atoms with Gasteiger partial charge >= 0.3 is 0 Å². The van der Waals surface area contributed by atoms with Crippen molar-refractivity contribution in [3.63, 3.8) is 0 Å². The van der Waals surface area contributed by atoms with Crippen LogP contribution in [0.15, 0.2) is 18.2 Å². The van der Waals surface area contributed by atoms with Crippen molar-refractivity contribution in [2.24, 2.45) is 5.73 Å². The molecule has 0 amide bonds. The average Bonchev–Trinajstić information content (AvgIpc) is 2.85. The molecule has 0 aromatic heterocycles. The zero-order chi connectivity index (χ0) is 13.2. The Labute approximate surface area is 113 Å². The third-order valence-corrected chi connectivity index (χ3v) is 5.29. The minimum atomic E-state index is -0.0324. The number of methoxy groups -OCH3 is 2. The van der Waals surface area contributed by atoms with Gasteiger partial charge in [-0.05, 0) is 43.7 Å². The summed E-state index contributed by atoms with van der Waals surface area (Å²) in [4.78, 5) is 0. The fourth-order valence-electron chi connectivity index (χ4n) is 2.46. The van der Waals surface area contributed by atoms with Crippen LogP contribution in [0.1, 0.15) is 31.4 Å². The SMILES string of the molecule is COc1ccc(OC)c(C(N)C2(C)CCCS2)c1. The lowest BCUT2D eigenvalue weighted by molar-refractivity contribution is 0.387. The molecule has 0 saturated carbocycles. The van der Waals surface area contributed by atoms with Crippen molar-refractivity contribution < 1.29 is 9.47 Å². The lowest BCUT2D eigenvalue weighted by Gasteiger charge is -2.31. The summed E-state index contributed by atoms with van der Waals surface area (Å²) < 4.78 is 10.8. The summed E-state index contributed by atoms with van der Waals surface area (Å²) in [6, 6.07) is 5.79. The summed E-state index contributed by atoms with van der Waals surface area (Å²) in [5.41, 5.74) is 7.51. The normalized spacial score (nSPS) is 24.9. The van der Waals surface area contributed by atoms with Gasteiger partial charge in [0.1, 0.15) is 11.5 Å². The van der Waals surface area contributed by atoms with E-state index >= 15 is 0 Å². The van der Waals surface area contributed by atoms with Gasteiger partial charge in [-0.15, -0.1) is 0 Å². The van der Waals surface area contributed by atoms with E-state index in [1.807, 2.05) is 30.0 Å². The molecule has 1 fully saturated rings. The molecule has 1 aliphatic rings. The van der Waals surface area contributed by atoms with E-state index in [0.717, 1.165) is 23.5 Å². The maximum absolute atomic E-state index is 6.48. The highest BCUT2D eigenvalue weighted by Gasteiger charge is 2.37. The van der Waals surface area contributed by atoms with Crippen LogP contribution in [0.25, 0.3) is 0 Å². The number of nitrogens with two attached hydrogens (primary N) is 1. The highest BCUT2D eigenvalue weighted by Crippen LogP contribution is 2.47. The van der Waals surface area contributed by atoms with Gasteiger partial charge in [0.25, 0.3) is 0 Å². The Morgan fingerprint density at radius 3 is 2.67 bits per heavy atom. The van der Waals surface area contributed by atoms with Crippen LogP contribution in [-0.4, -0.2) is 24.7 Å². The van der Waals surface area contributed by atoms with Gasteiger partial charge in [0.15, 0.2) is 0 Å². The maximum atomic E-state index is 6.48. The minimum absolute atomic E-state index is 0.0324. The first kappa shape index (κ1) is 13.6. The average molecular weight is 267 g/mol. The van der Waals surface area contributed by atoms with Crippen LogP contribution < -0.4 is 15.2 Å². The van der Waals surface area contributed by atoms with E-state index in [4.69, 9.17) is 15.2 Å². The molecule has 4 heteroatoms. The van der Waals surface area contributed by atoms with E-state index in [0.29, 0.717) is 0 Å². The first-order valence-electron chi connectivity index (χ1n) is 6.22. The van der Waals surface area contributed by atoms with Crippen molar-refractivity contribution in [3.8, 4) is 11.5 Å². The largest absolute Gasteiger partial charge is 0.497 e. The van der Waals surface area contributed by atoms with Crippen molar-refractivity contribution >= 4 is 11.8 Å². The molecule has 3 nitrogen and oxygen atoms in total. The summed E-state index contributed by atoms with van der Waals surface area (Å²) in [5, 5.41) is 0. The van der Waals surface area contributed by atoms with Gasteiger partial charge in [-0.25, -0.2) is 0 Å². The Balaban J connectivity index is 2.35. The van der Waals surface area contributed by atoms with Crippen LogP contribution in [-0.2, 0) is 0 Å². The van der Waals surface area contributed by atoms with Crippen molar-refractivity contribution in [2.75, 3.05) is 20.0 Å². The Kier molecular flexibility index (Phi) is 4.07. The summed E-state index contributed by atoms with van der Waals surface area (Å²) in [5.74, 6) is 2.86. The molecule has 0 bridgehead atoms. The Morgan fingerprint density at radius 2 is 2.11 bits per heavy atom. The quantitative estimate of drug-likeness (QED) is 0.911. The highest BCUT2D eigenvalue weighted by molar-refractivity contribution is 8.00. The molecule has 1 saturated heterocycles. The van der Waals surface area contributed by atoms with Crippen molar-refractivity contribution in [1.29, 1.82) is 0 Å². The molecular weight excluding hydrogens is 246 g/mol. The summed E-state index contributed by atoms with van der Waals surface area (Å²) >= 11 is 1.96. The summed E-state index contributed by atoms with van der Waals surface area (Å²) in [7, 11) is 3.35. The fourth-order valence-corrected chi connectivity index (χ4v) is 3.81. The van der Waals surface area contributed by atoms with Crippen LogP contribution in [0.2, 0.25) is 0 Å². The van der Waals surface area contributed by atoms with Gasteiger partial charge in [0.2, 0.25) is 0 Å². The first-order valence-corrected chi connectivity index (χ1v) is 7.21. The van der Waals surface area contributed by atoms with Crippen LogP contribution in [0.5, 0.6) is 11.5 Å². The van der Waals surface area contributed by atoms with E-state index in [9.17, 15) is 0 Å². The Hall–Kier alpha value is -0.870. The van der Waals surface area contributed by atoms with Crippen molar-refractivity contribution in [1.82, 2.24) is 0 Å². The molecule has 2 unspecified atom stereocenters. The third-order valence-electron chi connectivity index (χ3n) is 3.68. The van der Waals surface area contributed by atoms with Crippen molar-refractivity contribution in [2.45, 2.75) is 30.6 Å². The maximum Gasteiger partial charge on any atom is 0.123 e. The Morgan fingerprint density at radius 1 is 1.33 bits per heavy atom. The molecule has 0 aliphatic carbocycles. The topological polar surface area (TPSA) is 44.5 Å². The number of ether oxygens (including phenoxy) is 2. The number of hydrogen-bond donors (Lipinski definition) is 1. The van der Waals surface area contributed by atoms with E-state index in [-0.39, 0.29) is 10.8 Å². The second-order valence-electron chi connectivity index (χ2n) is 4.85. The molecule has 1 aromatic rings. The fraction of sp³-hybridized carbons (Fsp3) is 0.571. The standard InChI is InChI=1S/C14H21NO2S/c1-14(7-4-8-18-14)13(15)11-9-10(16-2)5-6-12(11)17-3/h5-6,9,13H,4,7-8,15H2,1-3H3. The monoisotopic (exact) mass is 267 g/mol. The van der Waals surface area contributed by atoms with E-state index in [1.165, 1.54) is 12.2 Å². The van der Waals surface area contributed by atoms with Crippen LogP contribution in [0.4, 0.5) is 0 Å². The molecule has 2 atom stereocenters. The second kappa shape index (κ2) is 5.41. The molecule has 0 spiro atoms. The molecule has 18 heavy (non-hydrogen) atoms. The predicted octanol–water partition coefficient (Wildman–Crippen LogP) is 2.99. The number of benzene rings is 1. The molecule has 2 rings (SSSR count). The predicted molar refractivity (Wildman–Crippen MR) is 76.6 cm³/mol. The van der Waals surface area contributed by atoms with Gasteiger partial charge in [0.05, 0.1) is 14.2 Å². The molecule has 1 aliphatic heterocycles. The molecule has 1 heterocycles. The van der Waals surface area contributed by atoms with Gasteiger partial charge in [-0.2, -0.15) is 11.8 Å². The van der Waals surface area contributed by atoms with Crippen LogP contribution in [0.3, 0.4) is 0 Å². The Bertz CT molecular complexity index is 416. The summed E-state index contributed by atoms with van der Waals surface area (Å²) in [6.07, 6.45) is 2.39. The zero-order valence-corrected chi connectivity index (χ0v) is 12.0. The van der Waals surface area contributed by atoms with Gasteiger partial charge < -0.3 is 15.2 Å². The molecule has 100 valence electrons. The van der Waals surface area contributed by atoms with Gasteiger partial charge in [-0.3, -0.25) is 0 Å². The lowest BCUT2D eigenvalue weighted by atomic mass is 9.90. The number of thioether (sulfide) groups is 1. The van der Waals surface area contributed by atoms with Gasteiger partial charge in [0, 0.05) is 16.4 Å². The molecule has 1 aromatic carbocycles. The highest BCUT2D eigenvalue weighted by atomic mass is 32.2. The lowest BCUT2D eigenvalue weighted by Crippen LogP contribution is -2.33. The van der Waals surface area contributed by atoms with Crippen molar-refractivity contribution in [3.05, 3.63) is 23.8 Å². The van der Waals surface area contributed by atoms with Gasteiger partial charge in [-0.1, -0.05) is 0 Å². The zero-order valence-electron chi connectivity index (χ0n) is 11.2. The van der Waals surface area contributed by atoms with Crippen LogP contribution >= 0.6 is 11.8 Å². The second-order valence-corrected chi connectivity index (χ2v) is 6.48. The van der Waals surface area contributed by atoms with E-state index < -0.39 is 0 Å². The third kappa shape index (κ3) is 2.45. The molecule has 2 N–H and O–H groups in total. The van der Waals surface area contributed by atoms with E-state index in [2.05, 4.69) is 6.92 Å². The molecule has 0 radical (unpaired) electrons. The minimum Gasteiger partial charge on any atom is -0.497 e. The van der Waals surface area contributed by atoms with Crippen LogP contribution in [0, 0.1) is 0 Å². The van der Waals surface area contributed by atoms with E-state index in [1.54, 1.807) is 14.2 Å². The number of hydrogen-bond acceptors (Lipinski definition) is 4. The first-order chi connectivity index (χ1) is 8.60. The number of rotatable bonds is 4. The summed E-state index contributed by atoms with van der Waals surface area (Å²) in [6.45, 7) is 2.24. The smallest absolute Gasteiger partial charge is 0.123 e. The molecular formula is C14H21NO2S.